The van der Waals surface area contributed by atoms with Crippen molar-refractivity contribution in [1.29, 1.82) is 0 Å². The normalized spacial score (nSPS) is 17.8. The molecular formula is C20H24N6O. The number of anilines is 2. The summed E-state index contributed by atoms with van der Waals surface area (Å²) in [5.74, 6) is 0.850. The number of pyridine rings is 2. The molecule has 1 saturated heterocycles. The van der Waals surface area contributed by atoms with Crippen molar-refractivity contribution in [2.75, 3.05) is 25.0 Å². The maximum absolute atomic E-state index is 5.96. The lowest BCUT2D eigenvalue weighted by Crippen LogP contribution is -2.38. The number of hydrogen-bond donors (Lipinski definition) is 1. The van der Waals surface area contributed by atoms with Crippen molar-refractivity contribution in [3.63, 3.8) is 0 Å². The largest absolute Gasteiger partial charge is 0.369 e. The molecule has 3 aromatic rings. The molecule has 4 rings (SSSR count). The van der Waals surface area contributed by atoms with Crippen molar-refractivity contribution >= 4 is 11.5 Å². The molecule has 7 heteroatoms. The van der Waals surface area contributed by atoms with E-state index < -0.39 is 0 Å². The van der Waals surface area contributed by atoms with Crippen LogP contribution in [-0.4, -0.2) is 44.3 Å². The van der Waals surface area contributed by atoms with E-state index in [4.69, 9.17) is 4.74 Å². The number of rotatable bonds is 5. The molecule has 1 atom stereocenters. The van der Waals surface area contributed by atoms with Gasteiger partial charge in [0.05, 0.1) is 29.9 Å². The molecule has 0 unspecified atom stereocenters. The summed E-state index contributed by atoms with van der Waals surface area (Å²) in [5.41, 5.74) is 4.17. The van der Waals surface area contributed by atoms with E-state index in [9.17, 15) is 0 Å². The van der Waals surface area contributed by atoms with Crippen molar-refractivity contribution in [1.82, 2.24) is 24.6 Å². The highest BCUT2D eigenvalue weighted by Crippen LogP contribution is 2.24. The van der Waals surface area contributed by atoms with Crippen molar-refractivity contribution < 1.29 is 4.74 Å². The minimum atomic E-state index is -0.0161. The quantitative estimate of drug-likeness (QED) is 0.751. The van der Waals surface area contributed by atoms with Crippen LogP contribution in [0.1, 0.15) is 23.1 Å². The van der Waals surface area contributed by atoms with E-state index in [1.54, 1.807) is 6.20 Å². The second-order valence-corrected chi connectivity index (χ2v) is 6.81. The van der Waals surface area contributed by atoms with Crippen LogP contribution in [0.15, 0.2) is 48.9 Å². The van der Waals surface area contributed by atoms with E-state index in [1.807, 2.05) is 55.3 Å². The summed E-state index contributed by atoms with van der Waals surface area (Å²) >= 11 is 0. The molecule has 0 bridgehead atoms. The molecule has 0 aliphatic carbocycles. The maximum atomic E-state index is 5.96. The van der Waals surface area contributed by atoms with Crippen LogP contribution in [0.2, 0.25) is 0 Å². The zero-order valence-corrected chi connectivity index (χ0v) is 15.7. The Labute approximate surface area is 159 Å². The second-order valence-electron chi connectivity index (χ2n) is 6.81. The number of nitrogens with one attached hydrogen (secondary N) is 1. The van der Waals surface area contributed by atoms with E-state index in [2.05, 4.69) is 31.3 Å². The van der Waals surface area contributed by atoms with Crippen molar-refractivity contribution in [2.45, 2.75) is 19.6 Å². The fourth-order valence-corrected chi connectivity index (χ4v) is 3.23. The molecule has 3 aromatic heterocycles. The van der Waals surface area contributed by atoms with Gasteiger partial charge in [-0.15, -0.1) is 0 Å². The topological polar surface area (TPSA) is 68.1 Å². The molecule has 0 spiro atoms. The molecule has 1 fully saturated rings. The lowest BCUT2D eigenvalue weighted by atomic mass is 10.1. The molecule has 27 heavy (non-hydrogen) atoms. The summed E-state index contributed by atoms with van der Waals surface area (Å²) in [5, 5.41) is 7.56. The van der Waals surface area contributed by atoms with Gasteiger partial charge in [0.2, 0.25) is 0 Å². The van der Waals surface area contributed by atoms with Gasteiger partial charge < -0.3 is 10.1 Å². The molecule has 7 nitrogen and oxygen atoms in total. The summed E-state index contributed by atoms with van der Waals surface area (Å²) in [6, 6.07) is 10.1. The van der Waals surface area contributed by atoms with Gasteiger partial charge in [-0.25, -0.2) is 4.98 Å². The second kappa shape index (κ2) is 7.85. The van der Waals surface area contributed by atoms with Gasteiger partial charge in [0.1, 0.15) is 11.9 Å². The van der Waals surface area contributed by atoms with Crippen LogP contribution in [0.5, 0.6) is 0 Å². The number of hydrogen-bond acceptors (Lipinski definition) is 6. The molecule has 1 N–H and O–H groups in total. The number of ether oxygens (including phenoxy) is 1. The molecule has 0 radical (unpaired) electrons. The van der Waals surface area contributed by atoms with E-state index in [-0.39, 0.29) is 6.10 Å². The average molecular weight is 364 g/mol. The molecule has 4 heterocycles. The lowest BCUT2D eigenvalue weighted by molar-refractivity contribution is -0.0356. The van der Waals surface area contributed by atoms with Gasteiger partial charge in [-0.3, -0.25) is 14.6 Å². The number of aromatic nitrogens is 4. The monoisotopic (exact) mass is 364 g/mol. The smallest absolute Gasteiger partial charge is 0.133 e. The van der Waals surface area contributed by atoms with Gasteiger partial charge in [-0.05, 0) is 36.8 Å². The van der Waals surface area contributed by atoms with Gasteiger partial charge in [-0.2, -0.15) is 5.10 Å². The van der Waals surface area contributed by atoms with E-state index in [1.165, 1.54) is 5.69 Å². The number of nitrogens with zero attached hydrogens (tertiary/aromatic N) is 5. The van der Waals surface area contributed by atoms with Crippen LogP contribution in [0.4, 0.5) is 11.5 Å². The summed E-state index contributed by atoms with van der Waals surface area (Å²) < 4.78 is 7.88. The number of morpholine rings is 1. The first-order chi connectivity index (χ1) is 13.2. The summed E-state index contributed by atoms with van der Waals surface area (Å²) in [6.45, 7) is 5.35. The first-order valence-electron chi connectivity index (χ1n) is 9.14. The van der Waals surface area contributed by atoms with Crippen molar-refractivity contribution in [3.05, 3.63) is 65.9 Å². The Morgan fingerprint density at radius 2 is 2.11 bits per heavy atom. The Morgan fingerprint density at radius 1 is 1.19 bits per heavy atom. The predicted octanol–water partition coefficient (Wildman–Crippen LogP) is 2.84. The molecule has 1 aliphatic heterocycles. The minimum absolute atomic E-state index is 0.0161. The first-order valence-corrected chi connectivity index (χ1v) is 9.14. The van der Waals surface area contributed by atoms with Crippen LogP contribution in [0.25, 0.3) is 0 Å². The Kier molecular flexibility index (Phi) is 5.13. The summed E-state index contributed by atoms with van der Waals surface area (Å²) in [7, 11) is 1.98. The van der Waals surface area contributed by atoms with Crippen molar-refractivity contribution in [3.8, 4) is 0 Å². The van der Waals surface area contributed by atoms with Gasteiger partial charge in [-0.1, -0.05) is 6.07 Å². The van der Waals surface area contributed by atoms with Crippen LogP contribution in [0, 0.1) is 6.92 Å². The Morgan fingerprint density at radius 3 is 2.85 bits per heavy atom. The molecule has 1 aliphatic rings. The molecule has 0 saturated carbocycles. The molecule has 140 valence electrons. The molecule has 0 aromatic carbocycles. The fraction of sp³-hybridized carbons (Fsp3) is 0.350. The summed E-state index contributed by atoms with van der Waals surface area (Å²) in [6.07, 6.45) is 5.44. The molecular weight excluding hydrogens is 340 g/mol. The van der Waals surface area contributed by atoms with Gasteiger partial charge in [0.15, 0.2) is 0 Å². The van der Waals surface area contributed by atoms with Gasteiger partial charge in [0, 0.05) is 39.1 Å². The Balaban J connectivity index is 1.41. The zero-order valence-electron chi connectivity index (χ0n) is 15.7. The standard InChI is InChI=1S/C20H24N6O/c1-15-4-3-8-21-20(15)24-16-5-6-18(22-12-16)19-14-26(10-11-27-19)13-17-7-9-23-25(17)2/h3-9,12,19H,10-11,13-14H2,1-2H3,(H,21,24)/t19-/m1/s1. The van der Waals surface area contributed by atoms with Crippen LogP contribution < -0.4 is 5.32 Å². The number of aryl methyl sites for hydroxylation is 2. The highest BCUT2D eigenvalue weighted by atomic mass is 16.5. The maximum Gasteiger partial charge on any atom is 0.133 e. The van der Waals surface area contributed by atoms with Crippen LogP contribution in [-0.2, 0) is 18.3 Å². The SMILES string of the molecule is Cc1cccnc1Nc1ccc([C@H]2CN(Cc3ccnn3C)CCO2)nc1. The first kappa shape index (κ1) is 17.6. The third kappa shape index (κ3) is 4.15. The molecule has 0 amide bonds. The third-order valence-corrected chi connectivity index (χ3v) is 4.85. The average Bonchev–Trinajstić information content (AvgIpc) is 3.09. The summed E-state index contributed by atoms with van der Waals surface area (Å²) in [4.78, 5) is 11.4. The van der Waals surface area contributed by atoms with Crippen molar-refractivity contribution in [2.24, 2.45) is 7.05 Å². The van der Waals surface area contributed by atoms with E-state index in [0.29, 0.717) is 6.61 Å². The zero-order chi connectivity index (χ0) is 18.6. The highest BCUT2D eigenvalue weighted by molar-refractivity contribution is 5.57. The Bertz CT molecular complexity index is 891. The van der Waals surface area contributed by atoms with E-state index >= 15 is 0 Å². The van der Waals surface area contributed by atoms with Gasteiger partial charge >= 0.3 is 0 Å². The van der Waals surface area contributed by atoms with Crippen LogP contribution >= 0.6 is 0 Å². The highest BCUT2D eigenvalue weighted by Gasteiger charge is 2.23. The van der Waals surface area contributed by atoms with E-state index in [0.717, 1.165) is 42.4 Å². The lowest BCUT2D eigenvalue weighted by Gasteiger charge is -2.32. The van der Waals surface area contributed by atoms with Crippen LogP contribution in [0.3, 0.4) is 0 Å². The Hall–Kier alpha value is -2.77. The minimum Gasteiger partial charge on any atom is -0.369 e. The predicted molar refractivity (Wildman–Crippen MR) is 104 cm³/mol. The fourth-order valence-electron chi connectivity index (χ4n) is 3.23. The third-order valence-electron chi connectivity index (χ3n) is 4.85. The van der Waals surface area contributed by atoms with Gasteiger partial charge in [0.25, 0.3) is 0 Å².